The predicted molar refractivity (Wildman–Crippen MR) is 161 cm³/mol. The Balaban J connectivity index is 0.00000560. The van der Waals surface area contributed by atoms with Gasteiger partial charge in [0.15, 0.2) is 0 Å². The van der Waals surface area contributed by atoms with Crippen LogP contribution in [-0.4, -0.2) is 64.0 Å². The molecule has 3 atom stereocenters. The second kappa shape index (κ2) is 15.5. The van der Waals surface area contributed by atoms with Crippen LogP contribution in [0.15, 0.2) is 29.8 Å². The number of amides is 3. The molecule has 0 saturated carbocycles. The lowest BCUT2D eigenvalue weighted by atomic mass is 9.85. The SMILES string of the molecule is Cc1ncsc1-c1ccc(CNC(=O)[C@H]2C[C@H](O)CN2C(=O)[C@@H](NC(=O)CCCCCCN)C(C)(C)C)cc1.Cl. The number of aliphatic hydroxyl groups is 1. The van der Waals surface area contributed by atoms with E-state index < -0.39 is 23.6 Å². The summed E-state index contributed by atoms with van der Waals surface area (Å²) >= 11 is 1.59. The Labute approximate surface area is 247 Å². The minimum absolute atomic E-state index is 0. The van der Waals surface area contributed by atoms with Gasteiger partial charge in [-0.1, -0.05) is 57.9 Å². The number of carbonyl (C=O) groups is 3. The minimum Gasteiger partial charge on any atom is -0.391 e. The number of benzene rings is 1. The molecule has 0 aliphatic carbocycles. The van der Waals surface area contributed by atoms with Gasteiger partial charge in [-0.3, -0.25) is 14.4 Å². The van der Waals surface area contributed by atoms with Gasteiger partial charge in [-0.25, -0.2) is 4.98 Å². The van der Waals surface area contributed by atoms with Crippen molar-refractivity contribution in [2.75, 3.05) is 13.1 Å². The summed E-state index contributed by atoms with van der Waals surface area (Å²) in [4.78, 5) is 46.3. The molecule has 222 valence electrons. The van der Waals surface area contributed by atoms with E-state index in [0.29, 0.717) is 19.5 Å². The number of aromatic nitrogens is 1. The van der Waals surface area contributed by atoms with E-state index in [1.54, 1.807) is 11.3 Å². The molecule has 1 aromatic heterocycles. The zero-order chi connectivity index (χ0) is 28.6. The molecular weight excluding hydrogens is 550 g/mol. The van der Waals surface area contributed by atoms with Crippen molar-refractivity contribution < 1.29 is 19.5 Å². The van der Waals surface area contributed by atoms with E-state index in [1.165, 1.54) is 4.90 Å². The predicted octanol–water partition coefficient (Wildman–Crippen LogP) is 3.56. The van der Waals surface area contributed by atoms with Crippen molar-refractivity contribution >= 4 is 41.5 Å². The molecule has 9 nitrogen and oxygen atoms in total. The lowest BCUT2D eigenvalue weighted by molar-refractivity contribution is -0.144. The highest BCUT2D eigenvalue weighted by Crippen LogP contribution is 2.28. The van der Waals surface area contributed by atoms with Crippen molar-refractivity contribution in [3.63, 3.8) is 0 Å². The first-order valence-electron chi connectivity index (χ1n) is 13.8. The highest BCUT2D eigenvalue weighted by molar-refractivity contribution is 7.13. The van der Waals surface area contributed by atoms with Gasteiger partial charge >= 0.3 is 0 Å². The highest BCUT2D eigenvalue weighted by Gasteiger charge is 2.44. The summed E-state index contributed by atoms with van der Waals surface area (Å²) in [5, 5.41) is 16.2. The van der Waals surface area contributed by atoms with Crippen molar-refractivity contribution in [3.05, 3.63) is 41.0 Å². The lowest BCUT2D eigenvalue weighted by Crippen LogP contribution is -2.57. The van der Waals surface area contributed by atoms with E-state index in [2.05, 4.69) is 15.6 Å². The van der Waals surface area contributed by atoms with Crippen LogP contribution in [0.5, 0.6) is 0 Å². The molecule has 0 unspecified atom stereocenters. The monoisotopic (exact) mass is 593 g/mol. The standard InChI is InChI=1S/C29H43N5O4S.ClH/c1-19-25(39-18-32-19)21-12-10-20(11-13-21)16-31-27(37)23-15-22(35)17-34(23)28(38)26(29(2,3)4)33-24(36)9-7-5-6-8-14-30;/h10-13,18,22-23,26,35H,5-9,14-17,30H2,1-4H3,(H,31,37)(H,33,36);1H/t22-,23+,26+;/m0./s1. The molecule has 1 aromatic carbocycles. The van der Waals surface area contributed by atoms with Gasteiger partial charge in [0.2, 0.25) is 17.7 Å². The second-order valence-corrected chi connectivity index (χ2v) is 12.3. The number of rotatable bonds is 12. The highest BCUT2D eigenvalue weighted by atomic mass is 35.5. The maximum atomic E-state index is 13.7. The van der Waals surface area contributed by atoms with Gasteiger partial charge in [0.25, 0.3) is 0 Å². The molecule has 2 heterocycles. The third-order valence-electron chi connectivity index (χ3n) is 7.07. The quantitative estimate of drug-likeness (QED) is 0.278. The lowest BCUT2D eigenvalue weighted by Gasteiger charge is -2.35. The number of nitrogens with zero attached hydrogens (tertiary/aromatic N) is 2. The van der Waals surface area contributed by atoms with Gasteiger partial charge in [-0.15, -0.1) is 23.7 Å². The fraction of sp³-hybridized carbons (Fsp3) is 0.586. The van der Waals surface area contributed by atoms with Crippen molar-refractivity contribution in [2.45, 2.75) is 91.0 Å². The van der Waals surface area contributed by atoms with Crippen LogP contribution in [0.1, 0.15) is 70.6 Å². The van der Waals surface area contributed by atoms with Gasteiger partial charge in [0.05, 0.1) is 22.2 Å². The zero-order valence-electron chi connectivity index (χ0n) is 23.9. The first-order chi connectivity index (χ1) is 18.5. The number of nitrogens with one attached hydrogen (secondary N) is 2. The van der Waals surface area contributed by atoms with E-state index in [9.17, 15) is 19.5 Å². The number of halogens is 1. The smallest absolute Gasteiger partial charge is 0.246 e. The first-order valence-corrected chi connectivity index (χ1v) is 14.6. The van der Waals surface area contributed by atoms with E-state index in [0.717, 1.165) is 47.4 Å². The number of aryl methyl sites for hydroxylation is 1. The topological polar surface area (TPSA) is 138 Å². The number of unbranched alkanes of at least 4 members (excludes halogenated alkanes) is 3. The summed E-state index contributed by atoms with van der Waals surface area (Å²) in [6, 6.07) is 6.32. The Morgan fingerprint density at radius 2 is 1.82 bits per heavy atom. The molecule has 40 heavy (non-hydrogen) atoms. The van der Waals surface area contributed by atoms with Crippen LogP contribution < -0.4 is 16.4 Å². The fourth-order valence-electron chi connectivity index (χ4n) is 4.80. The molecule has 0 radical (unpaired) electrons. The zero-order valence-corrected chi connectivity index (χ0v) is 25.6. The maximum Gasteiger partial charge on any atom is 0.246 e. The van der Waals surface area contributed by atoms with Crippen LogP contribution in [0.25, 0.3) is 10.4 Å². The minimum atomic E-state index is -0.808. The molecule has 1 aliphatic heterocycles. The number of likely N-dealkylation sites (tertiary alicyclic amines) is 1. The van der Waals surface area contributed by atoms with Gasteiger partial charge in [0.1, 0.15) is 12.1 Å². The number of aliphatic hydroxyl groups excluding tert-OH is 1. The number of carbonyl (C=O) groups excluding carboxylic acids is 3. The van der Waals surface area contributed by atoms with Crippen molar-refractivity contribution in [1.82, 2.24) is 20.5 Å². The fourth-order valence-corrected chi connectivity index (χ4v) is 5.61. The third-order valence-corrected chi connectivity index (χ3v) is 8.05. The summed E-state index contributed by atoms with van der Waals surface area (Å²) in [6.07, 6.45) is 3.24. The molecule has 1 saturated heterocycles. The molecule has 5 N–H and O–H groups in total. The van der Waals surface area contributed by atoms with Gasteiger partial charge < -0.3 is 26.4 Å². The molecule has 1 fully saturated rings. The van der Waals surface area contributed by atoms with Crippen LogP contribution in [0.3, 0.4) is 0 Å². The van der Waals surface area contributed by atoms with Gasteiger partial charge in [0, 0.05) is 25.9 Å². The van der Waals surface area contributed by atoms with E-state index in [1.807, 2.05) is 57.5 Å². The summed E-state index contributed by atoms with van der Waals surface area (Å²) in [5.74, 6) is -0.852. The molecule has 11 heteroatoms. The van der Waals surface area contributed by atoms with Crippen LogP contribution in [0.2, 0.25) is 0 Å². The van der Waals surface area contributed by atoms with Crippen LogP contribution in [0.4, 0.5) is 0 Å². The number of hydrogen-bond acceptors (Lipinski definition) is 7. The molecule has 3 amide bonds. The molecule has 3 rings (SSSR count). The molecule has 1 aliphatic rings. The largest absolute Gasteiger partial charge is 0.391 e. The number of β-amino-alcohol motifs (C(OH)–C–C–N with tert-alkyl or cyclic N) is 1. The van der Waals surface area contributed by atoms with Crippen molar-refractivity contribution in [1.29, 1.82) is 0 Å². The van der Waals surface area contributed by atoms with Crippen LogP contribution in [-0.2, 0) is 20.9 Å². The first kappa shape index (κ1) is 33.7. The van der Waals surface area contributed by atoms with E-state index >= 15 is 0 Å². The Hall–Kier alpha value is -2.53. The van der Waals surface area contributed by atoms with Gasteiger partial charge in [-0.05, 0) is 42.9 Å². The van der Waals surface area contributed by atoms with Gasteiger partial charge in [-0.2, -0.15) is 0 Å². The number of hydrogen-bond donors (Lipinski definition) is 4. The van der Waals surface area contributed by atoms with Crippen LogP contribution >= 0.6 is 23.7 Å². The third kappa shape index (κ3) is 9.26. The second-order valence-electron chi connectivity index (χ2n) is 11.4. The van der Waals surface area contributed by atoms with E-state index in [-0.39, 0.29) is 43.1 Å². The average Bonchev–Trinajstić information content (AvgIpc) is 3.50. The molecule has 2 aromatic rings. The Kier molecular flexibility index (Phi) is 13.0. The summed E-state index contributed by atoms with van der Waals surface area (Å²) in [5.41, 5.74) is 9.76. The molecule has 0 spiro atoms. The number of thiazole rings is 1. The maximum absolute atomic E-state index is 13.7. The number of nitrogens with two attached hydrogens (primary N) is 1. The van der Waals surface area contributed by atoms with Crippen molar-refractivity contribution in [3.8, 4) is 10.4 Å². The summed E-state index contributed by atoms with van der Waals surface area (Å²) in [6.45, 7) is 8.63. The summed E-state index contributed by atoms with van der Waals surface area (Å²) < 4.78 is 0. The van der Waals surface area contributed by atoms with Crippen molar-refractivity contribution in [2.24, 2.45) is 11.1 Å². The normalized spacial score (nSPS) is 17.7. The Morgan fingerprint density at radius 3 is 2.42 bits per heavy atom. The average molecular weight is 594 g/mol. The summed E-state index contributed by atoms with van der Waals surface area (Å²) in [7, 11) is 0. The van der Waals surface area contributed by atoms with E-state index in [4.69, 9.17) is 5.73 Å². The molecular formula is C29H44ClN5O4S. The molecule has 0 bridgehead atoms. The Bertz CT molecular complexity index is 1120. The van der Waals surface area contributed by atoms with Crippen LogP contribution in [0, 0.1) is 12.3 Å². The Morgan fingerprint density at radius 1 is 1.15 bits per heavy atom.